The van der Waals surface area contributed by atoms with Crippen molar-refractivity contribution in [1.29, 1.82) is 0 Å². The molecule has 3 aromatic rings. The van der Waals surface area contributed by atoms with Crippen LogP contribution in [0.3, 0.4) is 0 Å². The van der Waals surface area contributed by atoms with Crippen LogP contribution in [0.4, 0.5) is 5.69 Å². The van der Waals surface area contributed by atoms with Gasteiger partial charge >= 0.3 is 0 Å². The molecule has 2 aromatic heterocycles. The number of carbonyl (C=O) groups excluding carboxylic acids is 1. The van der Waals surface area contributed by atoms with E-state index >= 15 is 0 Å². The van der Waals surface area contributed by atoms with Gasteiger partial charge in [0.05, 0.1) is 24.2 Å². The van der Waals surface area contributed by atoms with E-state index in [0.29, 0.717) is 11.4 Å². The molecular formula is C17H14N4O2. The van der Waals surface area contributed by atoms with E-state index in [1.54, 1.807) is 30.6 Å². The molecule has 0 saturated carbocycles. The number of pyridine rings is 1. The highest BCUT2D eigenvalue weighted by molar-refractivity contribution is 6.03. The summed E-state index contributed by atoms with van der Waals surface area (Å²) in [6, 6.07) is 11.2. The Balaban J connectivity index is 1.56. The van der Waals surface area contributed by atoms with Crippen molar-refractivity contribution in [2.75, 3.05) is 11.9 Å². The number of hydrogen-bond donors (Lipinski definition) is 2. The minimum atomic E-state index is -0.249. The Labute approximate surface area is 132 Å². The molecule has 1 amide bonds. The number of carbonyl (C=O) groups is 1. The van der Waals surface area contributed by atoms with Gasteiger partial charge in [0.1, 0.15) is 11.4 Å². The average Bonchev–Trinajstić information content (AvgIpc) is 3.24. The largest absolute Gasteiger partial charge is 0.493 e. The van der Waals surface area contributed by atoms with Crippen LogP contribution in [0.15, 0.2) is 48.8 Å². The molecule has 1 aliphatic rings. The van der Waals surface area contributed by atoms with Crippen LogP contribution in [-0.2, 0) is 6.42 Å². The van der Waals surface area contributed by atoms with Crippen LogP contribution in [-0.4, -0.2) is 27.7 Å². The molecule has 0 bridgehead atoms. The lowest BCUT2D eigenvalue weighted by Gasteiger charge is -2.01. The first-order valence-corrected chi connectivity index (χ1v) is 7.32. The summed E-state index contributed by atoms with van der Waals surface area (Å²) in [6.45, 7) is 0.720. The summed E-state index contributed by atoms with van der Waals surface area (Å²) in [4.78, 5) is 16.2. The van der Waals surface area contributed by atoms with Gasteiger partial charge in [-0.05, 0) is 42.0 Å². The number of hydrogen-bond acceptors (Lipinski definition) is 4. The Morgan fingerprint density at radius 2 is 2.22 bits per heavy atom. The van der Waals surface area contributed by atoms with Crippen molar-refractivity contribution >= 4 is 11.6 Å². The molecule has 3 heterocycles. The van der Waals surface area contributed by atoms with E-state index in [-0.39, 0.29) is 5.91 Å². The molecule has 0 aliphatic carbocycles. The molecule has 1 aliphatic heterocycles. The quantitative estimate of drug-likeness (QED) is 0.779. The highest BCUT2D eigenvalue weighted by atomic mass is 16.5. The second-order valence-corrected chi connectivity index (χ2v) is 5.28. The van der Waals surface area contributed by atoms with Gasteiger partial charge in [0, 0.05) is 18.2 Å². The van der Waals surface area contributed by atoms with Crippen molar-refractivity contribution in [3.05, 3.63) is 60.0 Å². The normalized spacial score (nSPS) is 12.5. The first-order chi connectivity index (χ1) is 11.3. The van der Waals surface area contributed by atoms with E-state index in [0.717, 1.165) is 30.0 Å². The zero-order valence-electron chi connectivity index (χ0n) is 12.2. The second-order valence-electron chi connectivity index (χ2n) is 5.28. The highest BCUT2D eigenvalue weighted by Crippen LogP contribution is 2.29. The maximum atomic E-state index is 12.2. The number of aromatic nitrogens is 3. The minimum Gasteiger partial charge on any atom is -0.493 e. The number of nitrogens with zero attached hydrogens (tertiary/aromatic N) is 2. The third kappa shape index (κ3) is 2.66. The fraction of sp³-hybridized carbons (Fsp3) is 0.118. The number of aromatic amines is 1. The molecule has 0 fully saturated rings. The van der Waals surface area contributed by atoms with Gasteiger partial charge in [-0.15, -0.1) is 0 Å². The summed E-state index contributed by atoms with van der Waals surface area (Å²) in [6.07, 6.45) is 4.15. The molecule has 4 rings (SSSR count). The fourth-order valence-electron chi connectivity index (χ4n) is 2.57. The lowest BCUT2D eigenvalue weighted by atomic mass is 10.1. The molecule has 114 valence electrons. The van der Waals surface area contributed by atoms with Gasteiger partial charge in [0.15, 0.2) is 0 Å². The Morgan fingerprint density at radius 3 is 3.09 bits per heavy atom. The number of benzene rings is 1. The van der Waals surface area contributed by atoms with E-state index in [9.17, 15) is 4.79 Å². The van der Waals surface area contributed by atoms with Gasteiger partial charge in [0.2, 0.25) is 0 Å². The van der Waals surface area contributed by atoms with Crippen molar-refractivity contribution < 1.29 is 9.53 Å². The first-order valence-electron chi connectivity index (χ1n) is 7.32. The summed E-state index contributed by atoms with van der Waals surface area (Å²) >= 11 is 0. The smallest absolute Gasteiger partial charge is 0.273 e. The Bertz CT molecular complexity index is 858. The second kappa shape index (κ2) is 5.57. The molecule has 0 radical (unpaired) electrons. The van der Waals surface area contributed by atoms with Crippen molar-refractivity contribution in [3.63, 3.8) is 0 Å². The molecule has 0 spiro atoms. The molecule has 0 atom stereocenters. The summed E-state index contributed by atoms with van der Waals surface area (Å²) in [5.74, 6) is 0.681. The third-order valence-corrected chi connectivity index (χ3v) is 3.73. The number of H-pyrrole nitrogens is 1. The number of anilines is 1. The number of fused-ring (bicyclic) bond motifs is 1. The highest BCUT2D eigenvalue weighted by Gasteiger charge is 2.15. The lowest BCUT2D eigenvalue weighted by Crippen LogP contribution is -2.12. The van der Waals surface area contributed by atoms with Crippen LogP contribution in [0.5, 0.6) is 5.75 Å². The van der Waals surface area contributed by atoms with E-state index in [4.69, 9.17) is 4.74 Å². The van der Waals surface area contributed by atoms with Crippen molar-refractivity contribution in [3.8, 4) is 17.0 Å². The summed E-state index contributed by atoms with van der Waals surface area (Å²) in [5.41, 5.74) is 3.91. The Hall–Kier alpha value is -3.15. The number of ether oxygens (including phenoxy) is 1. The van der Waals surface area contributed by atoms with Gasteiger partial charge in [-0.2, -0.15) is 5.10 Å². The molecule has 0 saturated heterocycles. The molecule has 6 heteroatoms. The van der Waals surface area contributed by atoms with E-state index in [1.165, 1.54) is 5.56 Å². The zero-order valence-corrected chi connectivity index (χ0v) is 12.2. The van der Waals surface area contributed by atoms with Crippen molar-refractivity contribution in [1.82, 2.24) is 15.2 Å². The number of amides is 1. The van der Waals surface area contributed by atoms with Crippen LogP contribution < -0.4 is 10.1 Å². The van der Waals surface area contributed by atoms with E-state index < -0.39 is 0 Å². The monoisotopic (exact) mass is 306 g/mol. The topological polar surface area (TPSA) is 79.9 Å². The van der Waals surface area contributed by atoms with Crippen LogP contribution in [0.25, 0.3) is 11.3 Å². The molecule has 0 unspecified atom stereocenters. The number of nitrogens with one attached hydrogen (secondary N) is 2. The van der Waals surface area contributed by atoms with Crippen LogP contribution >= 0.6 is 0 Å². The predicted octanol–water partition coefficient (Wildman–Crippen LogP) is 2.66. The Kier molecular flexibility index (Phi) is 3.27. The Morgan fingerprint density at radius 1 is 1.26 bits per heavy atom. The maximum Gasteiger partial charge on any atom is 0.273 e. The van der Waals surface area contributed by atoms with Crippen LogP contribution in [0.1, 0.15) is 16.1 Å². The van der Waals surface area contributed by atoms with E-state index in [1.807, 2.05) is 12.1 Å². The van der Waals surface area contributed by atoms with E-state index in [2.05, 4.69) is 26.6 Å². The molecule has 6 nitrogen and oxygen atoms in total. The van der Waals surface area contributed by atoms with Gasteiger partial charge < -0.3 is 10.1 Å². The third-order valence-electron chi connectivity index (χ3n) is 3.73. The number of rotatable bonds is 3. The lowest BCUT2D eigenvalue weighted by molar-refractivity contribution is 0.102. The minimum absolute atomic E-state index is 0.249. The molecule has 2 N–H and O–H groups in total. The van der Waals surface area contributed by atoms with Gasteiger partial charge in [-0.3, -0.25) is 14.9 Å². The van der Waals surface area contributed by atoms with Crippen LogP contribution in [0.2, 0.25) is 0 Å². The molecular weight excluding hydrogens is 292 g/mol. The summed E-state index contributed by atoms with van der Waals surface area (Å²) < 4.78 is 5.50. The fourth-order valence-corrected chi connectivity index (χ4v) is 2.57. The SMILES string of the molecule is O=C(Nc1cccnc1)c1cc(-c2ccc3c(c2)CCO3)n[nH]1. The van der Waals surface area contributed by atoms with Crippen molar-refractivity contribution in [2.45, 2.75) is 6.42 Å². The van der Waals surface area contributed by atoms with Crippen LogP contribution in [0, 0.1) is 0 Å². The first kappa shape index (κ1) is 13.5. The zero-order chi connectivity index (χ0) is 15.6. The van der Waals surface area contributed by atoms with Gasteiger partial charge in [-0.1, -0.05) is 0 Å². The van der Waals surface area contributed by atoms with Gasteiger partial charge in [-0.25, -0.2) is 0 Å². The summed E-state index contributed by atoms with van der Waals surface area (Å²) in [7, 11) is 0. The maximum absolute atomic E-state index is 12.2. The average molecular weight is 306 g/mol. The standard InChI is InChI=1S/C17H14N4O2/c22-17(19-13-2-1-6-18-10-13)15-9-14(20-21-15)11-3-4-16-12(8-11)5-7-23-16/h1-4,6,8-10H,5,7H2,(H,19,22)(H,20,21). The summed E-state index contributed by atoms with van der Waals surface area (Å²) in [5, 5.41) is 9.78. The predicted molar refractivity (Wildman–Crippen MR) is 85.4 cm³/mol. The molecule has 23 heavy (non-hydrogen) atoms. The van der Waals surface area contributed by atoms with Crippen molar-refractivity contribution in [2.24, 2.45) is 0 Å². The molecule has 1 aromatic carbocycles. The van der Waals surface area contributed by atoms with Gasteiger partial charge in [0.25, 0.3) is 5.91 Å².